The molecule has 0 nitrogen and oxygen atoms in total. The lowest BCUT2D eigenvalue weighted by atomic mass is 10.1. The summed E-state index contributed by atoms with van der Waals surface area (Å²) >= 11 is 0. The van der Waals surface area contributed by atoms with E-state index in [1.54, 1.807) is 0 Å². The largest absolute Gasteiger partial charge is 0.0760 e. The molecule has 0 fully saturated rings. The summed E-state index contributed by atoms with van der Waals surface area (Å²) in [5.74, 6) is 0. The molecule has 0 rings (SSSR count). The van der Waals surface area contributed by atoms with Gasteiger partial charge in [-0.2, -0.15) is 0 Å². The zero-order valence-electron chi connectivity index (χ0n) is 7.03. The Bertz CT molecular complexity index is 64.4. The van der Waals surface area contributed by atoms with Crippen LogP contribution in [0.25, 0.3) is 0 Å². The second-order valence-corrected chi connectivity index (χ2v) is 2.76. The molecule has 0 saturated heterocycles. The molecule has 0 aromatic heterocycles. The van der Waals surface area contributed by atoms with Gasteiger partial charge >= 0.3 is 0 Å². The molecule has 0 saturated carbocycles. The van der Waals surface area contributed by atoms with E-state index in [1.165, 1.54) is 44.6 Å². The van der Waals surface area contributed by atoms with Gasteiger partial charge in [0.05, 0.1) is 0 Å². The van der Waals surface area contributed by atoms with Crippen molar-refractivity contribution in [1.29, 1.82) is 0 Å². The fourth-order valence-electron chi connectivity index (χ4n) is 1.03. The Balaban J connectivity index is 2.70. The van der Waals surface area contributed by atoms with Gasteiger partial charge in [0, 0.05) is 0 Å². The van der Waals surface area contributed by atoms with Crippen LogP contribution in [-0.2, 0) is 0 Å². The molecule has 0 heterocycles. The molecule has 0 aliphatic rings. The second-order valence-electron chi connectivity index (χ2n) is 2.76. The third-order valence-corrected chi connectivity index (χ3v) is 1.70. The molecular formula is C10H18. The Labute approximate surface area is 65.3 Å². The maximum atomic E-state index is 6.79. The van der Waals surface area contributed by atoms with E-state index in [0.717, 1.165) is 6.42 Å². The Morgan fingerprint density at radius 1 is 1.00 bits per heavy atom. The first kappa shape index (κ1) is 9.74. The Morgan fingerprint density at radius 3 is 2.20 bits per heavy atom. The summed E-state index contributed by atoms with van der Waals surface area (Å²) in [6.45, 7) is 9.03. The molecular weight excluding hydrogens is 120 g/mol. The fourth-order valence-corrected chi connectivity index (χ4v) is 1.03. The molecule has 0 spiro atoms. The van der Waals surface area contributed by atoms with Gasteiger partial charge in [0.25, 0.3) is 0 Å². The van der Waals surface area contributed by atoms with Crippen LogP contribution >= 0.6 is 0 Å². The average Bonchev–Trinajstić information content (AvgIpc) is 1.97. The first-order valence-corrected chi connectivity index (χ1v) is 4.40. The molecule has 0 bridgehead atoms. The topological polar surface area (TPSA) is 0 Å². The van der Waals surface area contributed by atoms with Crippen LogP contribution in [0.3, 0.4) is 0 Å². The van der Waals surface area contributed by atoms with Crippen LogP contribution < -0.4 is 0 Å². The molecule has 0 unspecified atom stereocenters. The SMILES string of the molecule is [C]=CCCCCCCCC. The predicted octanol–water partition coefficient (Wildman–Crippen LogP) is 3.60. The van der Waals surface area contributed by atoms with E-state index in [-0.39, 0.29) is 0 Å². The molecule has 0 N–H and O–H groups in total. The van der Waals surface area contributed by atoms with Crippen molar-refractivity contribution >= 4 is 0 Å². The first-order valence-electron chi connectivity index (χ1n) is 4.40. The Hall–Kier alpha value is -0.260. The van der Waals surface area contributed by atoms with Gasteiger partial charge in [0.2, 0.25) is 0 Å². The van der Waals surface area contributed by atoms with E-state index in [9.17, 15) is 0 Å². The van der Waals surface area contributed by atoms with Crippen molar-refractivity contribution in [2.24, 2.45) is 0 Å². The maximum absolute atomic E-state index is 6.79. The van der Waals surface area contributed by atoms with Crippen LogP contribution in [0.4, 0.5) is 0 Å². The van der Waals surface area contributed by atoms with Crippen LogP contribution in [0.2, 0.25) is 0 Å². The van der Waals surface area contributed by atoms with E-state index in [1.807, 2.05) is 0 Å². The van der Waals surface area contributed by atoms with Crippen molar-refractivity contribution in [1.82, 2.24) is 0 Å². The van der Waals surface area contributed by atoms with Crippen LogP contribution in [0.15, 0.2) is 6.08 Å². The third-order valence-electron chi connectivity index (χ3n) is 1.70. The zero-order chi connectivity index (χ0) is 7.66. The standard InChI is InChI=1S/C10H18/c1-3-5-7-9-10-8-6-4-2/h4H,3,5-10H2,1H3. The molecule has 0 aromatic rings. The second kappa shape index (κ2) is 8.74. The number of rotatable bonds is 7. The first-order chi connectivity index (χ1) is 4.91. The van der Waals surface area contributed by atoms with Crippen LogP contribution in [0.1, 0.15) is 51.9 Å². The van der Waals surface area contributed by atoms with Gasteiger partial charge in [0.15, 0.2) is 0 Å². The van der Waals surface area contributed by atoms with E-state index in [4.69, 9.17) is 6.58 Å². The highest BCUT2D eigenvalue weighted by molar-refractivity contribution is 4.61. The van der Waals surface area contributed by atoms with Crippen molar-refractivity contribution in [3.8, 4) is 0 Å². The van der Waals surface area contributed by atoms with Crippen molar-refractivity contribution in [3.05, 3.63) is 12.7 Å². The van der Waals surface area contributed by atoms with Crippen molar-refractivity contribution in [2.75, 3.05) is 0 Å². The highest BCUT2D eigenvalue weighted by Gasteiger charge is 1.86. The molecule has 0 aromatic carbocycles. The highest BCUT2D eigenvalue weighted by Crippen LogP contribution is 2.06. The van der Waals surface area contributed by atoms with E-state index >= 15 is 0 Å². The Morgan fingerprint density at radius 2 is 1.60 bits per heavy atom. The number of allylic oxidation sites excluding steroid dienone is 1. The molecule has 0 atom stereocenters. The molecule has 0 aliphatic carbocycles. The molecule has 58 valence electrons. The predicted molar refractivity (Wildman–Crippen MR) is 45.8 cm³/mol. The van der Waals surface area contributed by atoms with Gasteiger partial charge in [-0.3, -0.25) is 0 Å². The Kier molecular flexibility index (Phi) is 8.51. The van der Waals surface area contributed by atoms with Crippen LogP contribution in [0, 0.1) is 6.58 Å². The lowest BCUT2D eigenvalue weighted by Crippen LogP contribution is -1.76. The monoisotopic (exact) mass is 138 g/mol. The van der Waals surface area contributed by atoms with E-state index in [0.29, 0.717) is 0 Å². The summed E-state index contributed by atoms with van der Waals surface area (Å²) < 4.78 is 0. The van der Waals surface area contributed by atoms with E-state index in [2.05, 4.69) is 6.92 Å². The summed E-state index contributed by atoms with van der Waals surface area (Å²) in [7, 11) is 0. The average molecular weight is 138 g/mol. The van der Waals surface area contributed by atoms with Crippen LogP contribution in [0.5, 0.6) is 0 Å². The molecule has 0 amide bonds. The summed E-state index contributed by atoms with van der Waals surface area (Å²) in [4.78, 5) is 0. The van der Waals surface area contributed by atoms with Crippen molar-refractivity contribution < 1.29 is 0 Å². The summed E-state index contributed by atoms with van der Waals surface area (Å²) in [5, 5.41) is 0. The quantitative estimate of drug-likeness (QED) is 0.471. The van der Waals surface area contributed by atoms with Crippen LogP contribution in [-0.4, -0.2) is 0 Å². The summed E-state index contributed by atoms with van der Waals surface area (Å²) in [6, 6.07) is 0. The number of unbranched alkanes of at least 4 members (excludes halogenated alkanes) is 6. The minimum absolute atomic E-state index is 0.978. The van der Waals surface area contributed by atoms with Gasteiger partial charge in [0.1, 0.15) is 0 Å². The summed E-state index contributed by atoms with van der Waals surface area (Å²) in [6.07, 6.45) is 10.5. The smallest absolute Gasteiger partial charge is 0.0146 e. The third kappa shape index (κ3) is 7.74. The van der Waals surface area contributed by atoms with Gasteiger partial charge in [-0.1, -0.05) is 45.1 Å². The molecule has 2 radical (unpaired) electrons. The van der Waals surface area contributed by atoms with Crippen molar-refractivity contribution in [3.63, 3.8) is 0 Å². The van der Waals surface area contributed by atoms with Gasteiger partial charge in [-0.05, 0) is 19.4 Å². The van der Waals surface area contributed by atoms with E-state index < -0.39 is 0 Å². The van der Waals surface area contributed by atoms with Gasteiger partial charge < -0.3 is 0 Å². The lowest BCUT2D eigenvalue weighted by Gasteiger charge is -1.96. The minimum atomic E-state index is 0.978. The lowest BCUT2D eigenvalue weighted by molar-refractivity contribution is 0.611. The molecule has 10 heavy (non-hydrogen) atoms. The van der Waals surface area contributed by atoms with Gasteiger partial charge in [-0.15, -0.1) is 0 Å². The maximum Gasteiger partial charge on any atom is -0.0146 e. The normalized spacial score (nSPS) is 9.70. The highest BCUT2D eigenvalue weighted by atomic mass is 13.9. The van der Waals surface area contributed by atoms with Gasteiger partial charge in [-0.25, -0.2) is 0 Å². The number of hydrogen-bond donors (Lipinski definition) is 0. The van der Waals surface area contributed by atoms with Crippen molar-refractivity contribution in [2.45, 2.75) is 51.9 Å². The summed E-state index contributed by atoms with van der Waals surface area (Å²) in [5.41, 5.74) is 0. The minimum Gasteiger partial charge on any atom is -0.0760 e. The molecule has 0 aliphatic heterocycles. The zero-order valence-corrected chi connectivity index (χ0v) is 7.03. The fraction of sp³-hybridized carbons (Fsp3) is 0.800. The number of hydrogen-bond acceptors (Lipinski definition) is 0. The molecule has 0 heteroatoms.